The lowest BCUT2D eigenvalue weighted by Crippen LogP contribution is -2.37. The van der Waals surface area contributed by atoms with Gasteiger partial charge in [0.25, 0.3) is 5.91 Å². The smallest absolute Gasteiger partial charge is 0.258 e. The first kappa shape index (κ1) is 21.6. The molecule has 0 radical (unpaired) electrons. The average molecular weight is 485 g/mol. The van der Waals surface area contributed by atoms with Crippen LogP contribution in [0.5, 0.6) is 5.75 Å². The molecule has 1 atom stereocenters. The molecule has 3 aromatic rings. The molecule has 7 heteroatoms. The van der Waals surface area contributed by atoms with Crippen LogP contribution in [0.1, 0.15) is 30.7 Å². The molecule has 1 aliphatic heterocycles. The Morgan fingerprint density at radius 2 is 1.94 bits per heavy atom. The molecule has 1 N–H and O–H groups in total. The highest BCUT2D eigenvalue weighted by Crippen LogP contribution is 2.23. The van der Waals surface area contributed by atoms with Crippen LogP contribution in [0.4, 0.5) is 0 Å². The third-order valence-electron chi connectivity index (χ3n) is 5.14. The van der Waals surface area contributed by atoms with Crippen molar-refractivity contribution in [3.63, 3.8) is 0 Å². The van der Waals surface area contributed by atoms with Crippen LogP contribution in [0, 0.1) is 0 Å². The SMILES string of the molecule is O=C(COc1ccc(-c2coc(Cc3ccc(Br)cc3)n2)cc1)NCC1CCCCO1. The van der Waals surface area contributed by atoms with Gasteiger partial charge in [0.05, 0.1) is 6.10 Å². The summed E-state index contributed by atoms with van der Waals surface area (Å²) in [5, 5.41) is 2.87. The number of amides is 1. The van der Waals surface area contributed by atoms with Crippen LogP contribution in [0.2, 0.25) is 0 Å². The van der Waals surface area contributed by atoms with Gasteiger partial charge in [0, 0.05) is 29.6 Å². The van der Waals surface area contributed by atoms with Gasteiger partial charge in [-0.3, -0.25) is 4.79 Å². The first-order valence-corrected chi connectivity index (χ1v) is 11.3. The third kappa shape index (κ3) is 6.42. The number of benzene rings is 2. The molecule has 2 heterocycles. The first-order valence-electron chi connectivity index (χ1n) is 10.5. The quantitative estimate of drug-likeness (QED) is 0.498. The highest BCUT2D eigenvalue weighted by atomic mass is 79.9. The predicted molar refractivity (Wildman–Crippen MR) is 121 cm³/mol. The number of nitrogens with zero attached hydrogens (tertiary/aromatic N) is 1. The van der Waals surface area contributed by atoms with Crippen molar-refractivity contribution in [1.29, 1.82) is 0 Å². The monoisotopic (exact) mass is 484 g/mol. The van der Waals surface area contributed by atoms with Crippen molar-refractivity contribution < 1.29 is 18.7 Å². The van der Waals surface area contributed by atoms with E-state index in [4.69, 9.17) is 13.9 Å². The van der Waals surface area contributed by atoms with Crippen LogP contribution in [0.15, 0.2) is 63.7 Å². The molecule has 6 nitrogen and oxygen atoms in total. The number of hydrogen-bond acceptors (Lipinski definition) is 5. The van der Waals surface area contributed by atoms with Gasteiger partial charge in [0.15, 0.2) is 12.5 Å². The molecule has 0 bridgehead atoms. The zero-order valence-corrected chi connectivity index (χ0v) is 18.8. The fourth-order valence-electron chi connectivity index (χ4n) is 3.42. The Morgan fingerprint density at radius 3 is 2.68 bits per heavy atom. The molecule has 1 aromatic heterocycles. The van der Waals surface area contributed by atoms with Gasteiger partial charge in [-0.15, -0.1) is 0 Å². The average Bonchev–Trinajstić information content (AvgIpc) is 3.27. The van der Waals surface area contributed by atoms with Gasteiger partial charge < -0.3 is 19.2 Å². The number of aromatic nitrogens is 1. The van der Waals surface area contributed by atoms with Gasteiger partial charge in [0.2, 0.25) is 0 Å². The Hall–Kier alpha value is -2.64. The van der Waals surface area contributed by atoms with E-state index in [1.165, 1.54) is 0 Å². The molecule has 31 heavy (non-hydrogen) atoms. The summed E-state index contributed by atoms with van der Waals surface area (Å²) in [5.74, 6) is 1.15. The number of carbonyl (C=O) groups is 1. The van der Waals surface area contributed by atoms with Crippen molar-refractivity contribution in [2.75, 3.05) is 19.8 Å². The highest BCUT2D eigenvalue weighted by molar-refractivity contribution is 9.10. The summed E-state index contributed by atoms with van der Waals surface area (Å²) in [5.41, 5.74) is 2.83. The van der Waals surface area contributed by atoms with Gasteiger partial charge in [0.1, 0.15) is 17.7 Å². The summed E-state index contributed by atoms with van der Waals surface area (Å²) >= 11 is 3.44. The molecule has 2 aromatic carbocycles. The summed E-state index contributed by atoms with van der Waals surface area (Å²) in [6.45, 7) is 1.30. The fraction of sp³-hybridized carbons (Fsp3) is 0.333. The summed E-state index contributed by atoms with van der Waals surface area (Å²) < 4.78 is 17.9. The summed E-state index contributed by atoms with van der Waals surface area (Å²) in [6, 6.07) is 15.6. The second-order valence-corrected chi connectivity index (χ2v) is 8.45. The van der Waals surface area contributed by atoms with Crippen LogP contribution >= 0.6 is 15.9 Å². The maximum Gasteiger partial charge on any atom is 0.258 e. The molecule has 1 unspecified atom stereocenters. The van der Waals surface area contributed by atoms with E-state index in [0.717, 1.165) is 47.2 Å². The zero-order chi connectivity index (χ0) is 21.5. The maximum atomic E-state index is 12.0. The van der Waals surface area contributed by atoms with Crippen molar-refractivity contribution in [3.8, 4) is 17.0 Å². The summed E-state index contributed by atoms with van der Waals surface area (Å²) in [6.07, 6.45) is 5.66. The Kier molecular flexibility index (Phi) is 7.38. The van der Waals surface area contributed by atoms with Crippen LogP contribution in [-0.2, 0) is 16.0 Å². The van der Waals surface area contributed by atoms with E-state index in [-0.39, 0.29) is 18.6 Å². The molecule has 1 amide bonds. The predicted octanol–water partition coefficient (Wildman–Crippen LogP) is 4.76. The minimum atomic E-state index is -0.146. The molecule has 1 aliphatic rings. The molecule has 1 saturated heterocycles. The van der Waals surface area contributed by atoms with E-state index in [9.17, 15) is 4.79 Å². The Bertz CT molecular complexity index is 980. The lowest BCUT2D eigenvalue weighted by atomic mass is 10.1. The van der Waals surface area contributed by atoms with Gasteiger partial charge in [-0.25, -0.2) is 4.98 Å². The van der Waals surface area contributed by atoms with Crippen molar-refractivity contribution >= 4 is 21.8 Å². The molecule has 0 spiro atoms. The Labute approximate surface area is 190 Å². The number of ether oxygens (including phenoxy) is 2. The standard InChI is InChI=1S/C24H25BrN2O4/c25-19-8-4-17(5-9-19)13-24-27-22(15-31-24)18-6-10-20(11-7-18)30-16-23(28)26-14-21-3-1-2-12-29-21/h4-11,15,21H,1-3,12-14,16H2,(H,26,28). The fourth-order valence-corrected chi connectivity index (χ4v) is 3.68. The van der Waals surface area contributed by atoms with Gasteiger partial charge in [-0.1, -0.05) is 28.1 Å². The van der Waals surface area contributed by atoms with E-state index in [0.29, 0.717) is 24.6 Å². The minimum absolute atomic E-state index is 0.0205. The van der Waals surface area contributed by atoms with Crippen molar-refractivity contribution in [2.24, 2.45) is 0 Å². The summed E-state index contributed by atoms with van der Waals surface area (Å²) in [4.78, 5) is 16.6. The number of halogens is 1. The molecule has 0 aliphatic carbocycles. The van der Waals surface area contributed by atoms with Crippen molar-refractivity contribution in [1.82, 2.24) is 10.3 Å². The van der Waals surface area contributed by atoms with Crippen LogP contribution in [0.3, 0.4) is 0 Å². The second-order valence-electron chi connectivity index (χ2n) is 7.54. The van der Waals surface area contributed by atoms with E-state index in [2.05, 4.69) is 26.2 Å². The minimum Gasteiger partial charge on any atom is -0.484 e. The Morgan fingerprint density at radius 1 is 1.13 bits per heavy atom. The van der Waals surface area contributed by atoms with Gasteiger partial charge in [-0.05, 0) is 61.2 Å². The molecular formula is C24H25BrN2O4. The van der Waals surface area contributed by atoms with Crippen LogP contribution in [0.25, 0.3) is 11.3 Å². The molecule has 4 rings (SSSR count). The third-order valence-corrected chi connectivity index (χ3v) is 5.67. The van der Waals surface area contributed by atoms with Crippen molar-refractivity contribution in [3.05, 3.63) is 70.7 Å². The van der Waals surface area contributed by atoms with Gasteiger partial charge >= 0.3 is 0 Å². The highest BCUT2D eigenvalue weighted by Gasteiger charge is 2.15. The number of nitrogens with one attached hydrogen (secondary N) is 1. The second kappa shape index (κ2) is 10.6. The van der Waals surface area contributed by atoms with E-state index in [1.807, 2.05) is 48.5 Å². The van der Waals surface area contributed by atoms with E-state index in [1.54, 1.807) is 6.26 Å². The topological polar surface area (TPSA) is 73.6 Å². The van der Waals surface area contributed by atoms with Crippen LogP contribution < -0.4 is 10.1 Å². The molecular weight excluding hydrogens is 460 g/mol. The van der Waals surface area contributed by atoms with Crippen molar-refractivity contribution in [2.45, 2.75) is 31.8 Å². The number of rotatable bonds is 8. The van der Waals surface area contributed by atoms with Gasteiger partial charge in [-0.2, -0.15) is 0 Å². The molecule has 162 valence electrons. The molecule has 1 fully saturated rings. The maximum absolute atomic E-state index is 12.0. The number of carbonyl (C=O) groups excluding carboxylic acids is 1. The van der Waals surface area contributed by atoms with Crippen LogP contribution in [-0.4, -0.2) is 36.8 Å². The normalized spacial score (nSPS) is 16.1. The first-order chi connectivity index (χ1) is 15.2. The lowest BCUT2D eigenvalue weighted by molar-refractivity contribution is -0.124. The largest absolute Gasteiger partial charge is 0.484 e. The van der Waals surface area contributed by atoms with E-state index >= 15 is 0 Å². The zero-order valence-electron chi connectivity index (χ0n) is 17.2. The number of oxazole rings is 1. The Balaban J connectivity index is 1.25. The van der Waals surface area contributed by atoms with E-state index < -0.39 is 0 Å². The summed E-state index contributed by atoms with van der Waals surface area (Å²) in [7, 11) is 0. The number of hydrogen-bond donors (Lipinski definition) is 1. The molecule has 0 saturated carbocycles. The lowest BCUT2D eigenvalue weighted by Gasteiger charge is -2.22.